The van der Waals surface area contributed by atoms with Crippen LogP contribution in [-0.4, -0.2) is 17.7 Å². The van der Waals surface area contributed by atoms with Crippen molar-refractivity contribution >= 4 is 0 Å². The number of nitrogens with two attached hydrogens (primary N) is 1. The zero-order chi connectivity index (χ0) is 12.5. The summed E-state index contributed by atoms with van der Waals surface area (Å²) >= 11 is 0. The summed E-state index contributed by atoms with van der Waals surface area (Å²) in [7, 11) is 0. The fraction of sp³-hybridized carbons (Fsp3) is 1.00. The molecule has 2 heteroatoms. The molecule has 1 spiro atoms. The van der Waals surface area contributed by atoms with Crippen LogP contribution in [0.5, 0.6) is 0 Å². The Morgan fingerprint density at radius 3 is 2.65 bits per heavy atom. The van der Waals surface area contributed by atoms with Crippen LogP contribution in [0.25, 0.3) is 0 Å². The molecule has 2 N–H and O–H groups in total. The van der Waals surface area contributed by atoms with Crippen LogP contribution in [0, 0.1) is 11.8 Å². The average molecular weight is 239 g/mol. The molecule has 0 aromatic heterocycles. The lowest BCUT2D eigenvalue weighted by molar-refractivity contribution is -0.108. The van der Waals surface area contributed by atoms with Crippen LogP contribution < -0.4 is 5.73 Å². The number of hydrogen-bond acceptors (Lipinski definition) is 2. The van der Waals surface area contributed by atoms with Gasteiger partial charge in [0.15, 0.2) is 0 Å². The number of ether oxygens (including phenoxy) is 1. The minimum absolute atomic E-state index is 0.0197. The fourth-order valence-electron chi connectivity index (χ4n) is 3.77. The van der Waals surface area contributed by atoms with Gasteiger partial charge in [-0.1, -0.05) is 33.1 Å². The molecule has 0 aromatic rings. The van der Waals surface area contributed by atoms with Gasteiger partial charge in [-0.2, -0.15) is 0 Å². The lowest BCUT2D eigenvalue weighted by Crippen LogP contribution is -2.54. The van der Waals surface area contributed by atoms with Crippen LogP contribution in [0.15, 0.2) is 0 Å². The van der Waals surface area contributed by atoms with E-state index in [9.17, 15) is 0 Å². The molecule has 2 aliphatic rings. The van der Waals surface area contributed by atoms with Crippen molar-refractivity contribution in [2.45, 2.75) is 76.9 Å². The first-order valence-electron chi connectivity index (χ1n) is 7.43. The summed E-state index contributed by atoms with van der Waals surface area (Å²) in [5, 5.41) is 0. The standard InChI is InChI=1S/C15H29NO/c1-4-12(2)14(3,16)13-7-10-17-15(11-13)8-5-6-9-15/h12-13H,4-11,16H2,1-3H3. The molecule has 1 saturated heterocycles. The van der Waals surface area contributed by atoms with Gasteiger partial charge in [0.1, 0.15) is 0 Å². The normalized spacial score (nSPS) is 33.5. The van der Waals surface area contributed by atoms with Gasteiger partial charge in [-0.3, -0.25) is 0 Å². The third-order valence-corrected chi connectivity index (χ3v) is 5.56. The van der Waals surface area contributed by atoms with E-state index >= 15 is 0 Å². The highest BCUT2D eigenvalue weighted by molar-refractivity contribution is 4.99. The summed E-state index contributed by atoms with van der Waals surface area (Å²) in [5.74, 6) is 1.24. The predicted octanol–water partition coefficient (Wildman–Crippen LogP) is 3.49. The lowest BCUT2D eigenvalue weighted by atomic mass is 9.68. The van der Waals surface area contributed by atoms with Gasteiger partial charge in [-0.05, 0) is 44.4 Å². The maximum atomic E-state index is 6.64. The van der Waals surface area contributed by atoms with Gasteiger partial charge in [0.2, 0.25) is 0 Å². The van der Waals surface area contributed by atoms with Gasteiger partial charge in [0.25, 0.3) is 0 Å². The van der Waals surface area contributed by atoms with Crippen LogP contribution in [0.2, 0.25) is 0 Å². The Kier molecular flexibility index (Phi) is 3.84. The maximum absolute atomic E-state index is 6.64. The molecule has 1 saturated carbocycles. The Morgan fingerprint density at radius 1 is 1.41 bits per heavy atom. The van der Waals surface area contributed by atoms with Crippen molar-refractivity contribution in [3.63, 3.8) is 0 Å². The van der Waals surface area contributed by atoms with Crippen LogP contribution >= 0.6 is 0 Å². The van der Waals surface area contributed by atoms with Crippen molar-refractivity contribution in [2.24, 2.45) is 17.6 Å². The number of hydrogen-bond donors (Lipinski definition) is 1. The Hall–Kier alpha value is -0.0800. The molecule has 3 unspecified atom stereocenters. The highest BCUT2D eigenvalue weighted by atomic mass is 16.5. The van der Waals surface area contributed by atoms with Crippen molar-refractivity contribution in [1.82, 2.24) is 0 Å². The molecule has 17 heavy (non-hydrogen) atoms. The van der Waals surface area contributed by atoms with Crippen molar-refractivity contribution in [2.75, 3.05) is 6.61 Å². The molecule has 1 aliphatic carbocycles. The topological polar surface area (TPSA) is 35.2 Å². The summed E-state index contributed by atoms with van der Waals surface area (Å²) in [6.45, 7) is 7.74. The van der Waals surface area contributed by atoms with Crippen LogP contribution in [0.1, 0.15) is 65.7 Å². The summed E-state index contributed by atoms with van der Waals surface area (Å²) < 4.78 is 6.11. The smallest absolute Gasteiger partial charge is 0.0685 e. The van der Waals surface area contributed by atoms with Gasteiger partial charge in [-0.25, -0.2) is 0 Å². The van der Waals surface area contributed by atoms with E-state index in [1.54, 1.807) is 0 Å². The Bertz CT molecular complexity index is 256. The van der Waals surface area contributed by atoms with E-state index < -0.39 is 0 Å². The second-order valence-corrected chi connectivity index (χ2v) is 6.60. The molecule has 0 bridgehead atoms. The quantitative estimate of drug-likeness (QED) is 0.818. The molecule has 1 heterocycles. The van der Waals surface area contributed by atoms with E-state index in [0.29, 0.717) is 11.8 Å². The minimum Gasteiger partial charge on any atom is -0.375 e. The molecule has 1 aliphatic heterocycles. The Morgan fingerprint density at radius 2 is 2.06 bits per heavy atom. The minimum atomic E-state index is -0.0197. The number of rotatable bonds is 3. The molecule has 100 valence electrons. The van der Waals surface area contributed by atoms with Crippen molar-refractivity contribution in [1.29, 1.82) is 0 Å². The molecule has 3 atom stereocenters. The molecular formula is C15H29NO. The van der Waals surface area contributed by atoms with Crippen molar-refractivity contribution < 1.29 is 4.74 Å². The Balaban J connectivity index is 2.06. The maximum Gasteiger partial charge on any atom is 0.0685 e. The van der Waals surface area contributed by atoms with Crippen LogP contribution in [0.3, 0.4) is 0 Å². The summed E-state index contributed by atoms with van der Waals surface area (Å²) in [6.07, 6.45) is 8.75. The van der Waals surface area contributed by atoms with Gasteiger partial charge < -0.3 is 10.5 Å². The van der Waals surface area contributed by atoms with E-state index in [-0.39, 0.29) is 11.1 Å². The first-order chi connectivity index (χ1) is 8.00. The predicted molar refractivity (Wildman–Crippen MR) is 71.9 cm³/mol. The highest BCUT2D eigenvalue weighted by Crippen LogP contribution is 2.45. The average Bonchev–Trinajstić information content (AvgIpc) is 2.76. The first kappa shape index (κ1) is 13.4. The van der Waals surface area contributed by atoms with E-state index in [2.05, 4.69) is 20.8 Å². The van der Waals surface area contributed by atoms with Gasteiger partial charge in [-0.15, -0.1) is 0 Å². The molecule has 0 aromatic carbocycles. The molecule has 0 radical (unpaired) electrons. The first-order valence-corrected chi connectivity index (χ1v) is 7.43. The molecule has 2 fully saturated rings. The molecular weight excluding hydrogens is 210 g/mol. The lowest BCUT2D eigenvalue weighted by Gasteiger charge is -2.47. The monoisotopic (exact) mass is 239 g/mol. The zero-order valence-corrected chi connectivity index (χ0v) is 11.8. The zero-order valence-electron chi connectivity index (χ0n) is 11.8. The molecule has 2 rings (SSSR count). The second-order valence-electron chi connectivity index (χ2n) is 6.60. The second kappa shape index (κ2) is 4.89. The highest BCUT2D eigenvalue weighted by Gasteiger charge is 2.45. The largest absolute Gasteiger partial charge is 0.375 e. The third-order valence-electron chi connectivity index (χ3n) is 5.56. The SMILES string of the molecule is CCC(C)C(C)(N)C1CCOC2(CCCC2)C1. The van der Waals surface area contributed by atoms with Crippen molar-refractivity contribution in [3.8, 4) is 0 Å². The fourth-order valence-corrected chi connectivity index (χ4v) is 3.77. The van der Waals surface area contributed by atoms with Gasteiger partial charge in [0.05, 0.1) is 5.60 Å². The summed E-state index contributed by atoms with van der Waals surface area (Å²) in [5.41, 5.74) is 6.83. The third kappa shape index (κ3) is 2.53. The van der Waals surface area contributed by atoms with E-state index in [4.69, 9.17) is 10.5 Å². The van der Waals surface area contributed by atoms with Crippen LogP contribution in [0.4, 0.5) is 0 Å². The summed E-state index contributed by atoms with van der Waals surface area (Å²) in [4.78, 5) is 0. The van der Waals surface area contributed by atoms with E-state index in [0.717, 1.165) is 13.0 Å². The molecule has 2 nitrogen and oxygen atoms in total. The summed E-state index contributed by atoms with van der Waals surface area (Å²) in [6, 6.07) is 0. The van der Waals surface area contributed by atoms with Crippen molar-refractivity contribution in [3.05, 3.63) is 0 Å². The van der Waals surface area contributed by atoms with Gasteiger partial charge in [0, 0.05) is 12.1 Å². The Labute approximate surface area is 106 Å². The van der Waals surface area contributed by atoms with Gasteiger partial charge >= 0.3 is 0 Å². The van der Waals surface area contributed by atoms with E-state index in [1.165, 1.54) is 38.5 Å². The van der Waals surface area contributed by atoms with E-state index in [1.807, 2.05) is 0 Å². The molecule has 0 amide bonds. The van der Waals surface area contributed by atoms with Crippen LogP contribution in [-0.2, 0) is 4.74 Å².